The van der Waals surface area contributed by atoms with Gasteiger partial charge in [0.1, 0.15) is 5.54 Å². The van der Waals surface area contributed by atoms with Gasteiger partial charge < -0.3 is 0 Å². The third kappa shape index (κ3) is 1.56. The van der Waals surface area contributed by atoms with Gasteiger partial charge in [0.25, 0.3) is 0 Å². The van der Waals surface area contributed by atoms with Crippen LogP contribution in [0.25, 0.3) is 0 Å². The molecule has 0 spiro atoms. The molecule has 0 saturated heterocycles. The van der Waals surface area contributed by atoms with Crippen LogP contribution in [0.1, 0.15) is 43.2 Å². The zero-order valence-electron chi connectivity index (χ0n) is 9.98. The monoisotopic (exact) mass is 227 g/mol. The summed E-state index contributed by atoms with van der Waals surface area (Å²) in [6, 6.07) is 8.49. The first-order chi connectivity index (χ1) is 8.37. The highest BCUT2D eigenvalue weighted by molar-refractivity contribution is 5.43. The summed E-state index contributed by atoms with van der Waals surface area (Å²) in [6.07, 6.45) is 8.83. The maximum Gasteiger partial charge on any atom is 0.235 e. The normalized spacial score (nSPS) is 30.9. The van der Waals surface area contributed by atoms with E-state index >= 15 is 0 Å². The lowest BCUT2D eigenvalue weighted by atomic mass is 9.63. The zero-order chi connectivity index (χ0) is 11.7. The van der Waals surface area contributed by atoms with Gasteiger partial charge in [-0.15, -0.1) is 0 Å². The summed E-state index contributed by atoms with van der Waals surface area (Å²) in [5.74, 6) is 0.549. The molecular weight excluding hydrogens is 210 g/mol. The molecule has 0 bridgehead atoms. The second-order valence-electron chi connectivity index (χ2n) is 5.27. The fourth-order valence-corrected chi connectivity index (χ4v) is 3.75. The quantitative estimate of drug-likeness (QED) is 0.534. The molecule has 2 unspecified atom stereocenters. The fraction of sp³-hybridized carbons (Fsp3) is 0.533. The molecule has 0 heterocycles. The van der Waals surface area contributed by atoms with Crippen molar-refractivity contribution in [2.75, 3.05) is 0 Å². The summed E-state index contributed by atoms with van der Waals surface area (Å²) in [6.45, 7) is 0. The smallest absolute Gasteiger partial charge is 0.211 e. The van der Waals surface area contributed by atoms with Gasteiger partial charge in [-0.1, -0.05) is 37.1 Å². The lowest BCUT2D eigenvalue weighted by Gasteiger charge is -2.44. The number of isocyanates is 1. The van der Waals surface area contributed by atoms with Crippen molar-refractivity contribution in [3.05, 3.63) is 35.4 Å². The molecule has 2 nitrogen and oxygen atoms in total. The molecule has 0 N–H and O–H groups in total. The van der Waals surface area contributed by atoms with E-state index in [2.05, 4.69) is 29.3 Å². The Kier molecular flexibility index (Phi) is 2.60. The number of nitrogens with zero attached hydrogens (tertiary/aromatic N) is 1. The van der Waals surface area contributed by atoms with Gasteiger partial charge >= 0.3 is 0 Å². The number of hydrogen-bond donors (Lipinski definition) is 0. The highest BCUT2D eigenvalue weighted by Crippen LogP contribution is 2.50. The zero-order valence-corrected chi connectivity index (χ0v) is 9.98. The van der Waals surface area contributed by atoms with E-state index in [1.807, 2.05) is 6.08 Å². The average molecular weight is 227 g/mol. The number of rotatable bonds is 1. The Balaban J connectivity index is 2.17. The number of carbonyl (C=O) groups excluding carboxylic acids is 1. The molecule has 1 fully saturated rings. The van der Waals surface area contributed by atoms with E-state index in [9.17, 15) is 4.79 Å². The Morgan fingerprint density at radius 2 is 2.12 bits per heavy atom. The minimum atomic E-state index is -0.241. The number of aliphatic imine (C=N–C) groups is 1. The first-order valence-corrected chi connectivity index (χ1v) is 6.54. The summed E-state index contributed by atoms with van der Waals surface area (Å²) in [5.41, 5.74) is 2.43. The standard InChI is InChI=1S/C15H17NO/c17-11-16-15-10-4-3-6-13(15)9-8-12-5-1-2-7-14(12)15/h1-2,5,7,13H,3-4,6,8-10H2. The highest BCUT2D eigenvalue weighted by Gasteiger charge is 2.45. The Labute approximate surface area is 102 Å². The van der Waals surface area contributed by atoms with Crippen LogP contribution in [0.4, 0.5) is 0 Å². The molecule has 0 aliphatic heterocycles. The molecule has 0 aromatic heterocycles. The number of aryl methyl sites for hydroxylation is 1. The molecule has 0 radical (unpaired) electrons. The summed E-state index contributed by atoms with van der Waals surface area (Å²) < 4.78 is 0. The molecule has 1 aromatic rings. The molecule has 17 heavy (non-hydrogen) atoms. The predicted molar refractivity (Wildman–Crippen MR) is 66.5 cm³/mol. The van der Waals surface area contributed by atoms with Gasteiger partial charge in [0.15, 0.2) is 0 Å². The minimum Gasteiger partial charge on any atom is -0.211 e. The predicted octanol–water partition coefficient (Wildman–Crippen LogP) is 3.35. The summed E-state index contributed by atoms with van der Waals surface area (Å²) >= 11 is 0. The van der Waals surface area contributed by atoms with Crippen LogP contribution in [0.15, 0.2) is 29.3 Å². The van der Waals surface area contributed by atoms with Crippen molar-refractivity contribution in [1.29, 1.82) is 0 Å². The van der Waals surface area contributed by atoms with E-state index in [1.54, 1.807) is 0 Å². The van der Waals surface area contributed by atoms with Crippen LogP contribution < -0.4 is 0 Å². The number of hydrogen-bond acceptors (Lipinski definition) is 2. The lowest BCUT2D eigenvalue weighted by molar-refractivity contribution is 0.167. The second kappa shape index (κ2) is 4.12. The van der Waals surface area contributed by atoms with Crippen LogP contribution in [0, 0.1) is 5.92 Å². The van der Waals surface area contributed by atoms with Gasteiger partial charge in [-0.2, -0.15) is 4.99 Å². The van der Waals surface area contributed by atoms with Gasteiger partial charge in [0.05, 0.1) is 0 Å². The van der Waals surface area contributed by atoms with Gasteiger partial charge in [0, 0.05) is 0 Å². The highest BCUT2D eigenvalue weighted by atomic mass is 16.1. The second-order valence-corrected chi connectivity index (χ2v) is 5.27. The topological polar surface area (TPSA) is 29.4 Å². The van der Waals surface area contributed by atoms with E-state index in [4.69, 9.17) is 0 Å². The van der Waals surface area contributed by atoms with Crippen molar-refractivity contribution in [2.45, 2.75) is 44.1 Å². The largest absolute Gasteiger partial charge is 0.235 e. The van der Waals surface area contributed by atoms with E-state index < -0.39 is 0 Å². The minimum absolute atomic E-state index is 0.241. The summed E-state index contributed by atoms with van der Waals surface area (Å²) in [7, 11) is 0. The van der Waals surface area contributed by atoms with Crippen molar-refractivity contribution in [1.82, 2.24) is 0 Å². The summed E-state index contributed by atoms with van der Waals surface area (Å²) in [4.78, 5) is 15.1. The lowest BCUT2D eigenvalue weighted by Crippen LogP contribution is -2.40. The Bertz CT molecular complexity index is 476. The van der Waals surface area contributed by atoms with Crippen molar-refractivity contribution in [3.8, 4) is 0 Å². The van der Waals surface area contributed by atoms with Gasteiger partial charge in [-0.25, -0.2) is 4.79 Å². The van der Waals surface area contributed by atoms with Crippen molar-refractivity contribution < 1.29 is 4.79 Å². The van der Waals surface area contributed by atoms with Crippen LogP contribution >= 0.6 is 0 Å². The van der Waals surface area contributed by atoms with Gasteiger partial charge in [0.2, 0.25) is 6.08 Å². The third-order valence-electron chi connectivity index (χ3n) is 4.53. The van der Waals surface area contributed by atoms with E-state index in [1.165, 1.54) is 36.8 Å². The molecule has 2 atom stereocenters. The Morgan fingerprint density at radius 1 is 1.24 bits per heavy atom. The van der Waals surface area contributed by atoms with Crippen molar-refractivity contribution in [3.63, 3.8) is 0 Å². The number of fused-ring (bicyclic) bond motifs is 3. The molecule has 1 aromatic carbocycles. The third-order valence-corrected chi connectivity index (χ3v) is 4.53. The molecule has 88 valence electrons. The Hall–Kier alpha value is -1.40. The Morgan fingerprint density at radius 3 is 3.00 bits per heavy atom. The van der Waals surface area contributed by atoms with Crippen LogP contribution in [-0.2, 0) is 16.8 Å². The molecule has 2 aliphatic carbocycles. The molecule has 3 rings (SSSR count). The first-order valence-electron chi connectivity index (χ1n) is 6.54. The average Bonchev–Trinajstić information content (AvgIpc) is 2.39. The van der Waals surface area contributed by atoms with E-state index in [0.717, 1.165) is 12.8 Å². The van der Waals surface area contributed by atoms with Crippen LogP contribution in [0.3, 0.4) is 0 Å². The number of benzene rings is 1. The molecule has 1 saturated carbocycles. The van der Waals surface area contributed by atoms with Gasteiger partial charge in [-0.3, -0.25) is 0 Å². The SMILES string of the molecule is O=C=NC12CCCCC1CCc1ccccc12. The molecule has 2 heteroatoms. The van der Waals surface area contributed by atoms with Gasteiger partial charge in [-0.05, 0) is 42.7 Å². The molecule has 0 amide bonds. The maximum atomic E-state index is 10.8. The molecule has 2 aliphatic rings. The van der Waals surface area contributed by atoms with Crippen molar-refractivity contribution >= 4 is 6.08 Å². The van der Waals surface area contributed by atoms with E-state index in [-0.39, 0.29) is 5.54 Å². The summed E-state index contributed by atoms with van der Waals surface area (Å²) in [5, 5.41) is 0. The fourth-order valence-electron chi connectivity index (χ4n) is 3.75. The van der Waals surface area contributed by atoms with E-state index in [0.29, 0.717) is 5.92 Å². The van der Waals surface area contributed by atoms with Crippen molar-refractivity contribution in [2.24, 2.45) is 10.9 Å². The van der Waals surface area contributed by atoms with Crippen LogP contribution in [0.2, 0.25) is 0 Å². The van der Waals surface area contributed by atoms with Crippen LogP contribution in [0.5, 0.6) is 0 Å². The molecular formula is C15H17NO. The maximum absolute atomic E-state index is 10.8. The van der Waals surface area contributed by atoms with Crippen LogP contribution in [-0.4, -0.2) is 6.08 Å². The first kappa shape index (κ1) is 10.7.